The van der Waals surface area contributed by atoms with Crippen molar-refractivity contribution in [3.05, 3.63) is 47.1 Å². The summed E-state index contributed by atoms with van der Waals surface area (Å²) in [6.45, 7) is 23.1. The number of rotatable bonds is 3. The Hall–Kier alpha value is -1.04. The van der Waals surface area contributed by atoms with Gasteiger partial charge in [-0.3, -0.25) is 0 Å². The Morgan fingerprint density at radius 2 is 1.48 bits per heavy atom. The van der Waals surface area contributed by atoms with Crippen LogP contribution in [0.25, 0.3) is 0 Å². The molecule has 0 nitrogen and oxygen atoms in total. The normalized spacial score (nSPS) is 19.3. The van der Waals surface area contributed by atoms with Crippen LogP contribution in [0, 0.1) is 5.41 Å². The Morgan fingerprint density at radius 1 is 1.00 bits per heavy atom. The van der Waals surface area contributed by atoms with Gasteiger partial charge in [-0.25, -0.2) is 0 Å². The lowest BCUT2D eigenvalue weighted by Gasteiger charge is -2.23. The number of hydrogen-bond acceptors (Lipinski definition) is 0. The Morgan fingerprint density at radius 3 is 1.76 bits per heavy atom. The van der Waals surface area contributed by atoms with E-state index in [2.05, 4.69) is 53.3 Å². The van der Waals surface area contributed by atoms with E-state index in [0.717, 1.165) is 6.42 Å². The minimum atomic E-state index is 0. The van der Waals surface area contributed by atoms with Crippen LogP contribution in [0.5, 0.6) is 0 Å². The molecule has 1 aliphatic rings. The topological polar surface area (TPSA) is 0 Å². The van der Waals surface area contributed by atoms with E-state index in [0.29, 0.717) is 0 Å². The van der Waals surface area contributed by atoms with Crippen LogP contribution in [-0.4, -0.2) is 0 Å². The van der Waals surface area contributed by atoms with Crippen molar-refractivity contribution in [1.82, 2.24) is 0 Å². The lowest BCUT2D eigenvalue weighted by Crippen LogP contribution is -2.12. The quantitative estimate of drug-likeness (QED) is 0.496. The number of allylic oxidation sites excluding steroid dienone is 7. The molecule has 0 N–H and O–H groups in total. The van der Waals surface area contributed by atoms with E-state index < -0.39 is 0 Å². The molecular formula is C21H40. The van der Waals surface area contributed by atoms with E-state index in [-0.39, 0.29) is 12.8 Å². The maximum absolute atomic E-state index is 4.00. The van der Waals surface area contributed by atoms with Crippen molar-refractivity contribution in [2.45, 2.75) is 82.6 Å². The molecule has 0 amide bonds. The van der Waals surface area contributed by atoms with Gasteiger partial charge in [-0.05, 0) is 42.6 Å². The van der Waals surface area contributed by atoms with Gasteiger partial charge in [-0.2, -0.15) is 0 Å². The standard InChI is InChI=1S/C16H24.2C2H6.CH4/c1-7-11-13-12(8-2)14(9-3)16(5,6)15(13)10-4;2*1-2;/h8-10H,4,7,11H2,1-3,5-6H3;2*1-2H3;1H4/b12-8-,14-9+;;;. The van der Waals surface area contributed by atoms with Crippen molar-refractivity contribution in [3.8, 4) is 0 Å². The molecule has 0 heteroatoms. The van der Waals surface area contributed by atoms with Crippen LogP contribution < -0.4 is 0 Å². The highest BCUT2D eigenvalue weighted by atomic mass is 14.4. The molecule has 0 atom stereocenters. The van der Waals surface area contributed by atoms with Gasteiger partial charge in [0.15, 0.2) is 0 Å². The second-order valence-electron chi connectivity index (χ2n) is 4.88. The van der Waals surface area contributed by atoms with Gasteiger partial charge < -0.3 is 0 Å². The molecular weight excluding hydrogens is 252 g/mol. The molecule has 1 rings (SSSR count). The van der Waals surface area contributed by atoms with Crippen LogP contribution in [0.4, 0.5) is 0 Å². The van der Waals surface area contributed by atoms with Gasteiger partial charge >= 0.3 is 0 Å². The van der Waals surface area contributed by atoms with Crippen molar-refractivity contribution in [3.63, 3.8) is 0 Å². The van der Waals surface area contributed by atoms with Gasteiger partial charge in [-0.1, -0.05) is 87.1 Å². The average molecular weight is 293 g/mol. The van der Waals surface area contributed by atoms with Gasteiger partial charge in [-0.15, -0.1) is 0 Å². The van der Waals surface area contributed by atoms with Crippen LogP contribution >= 0.6 is 0 Å². The lowest BCUT2D eigenvalue weighted by molar-refractivity contribution is 0.576. The summed E-state index contributed by atoms with van der Waals surface area (Å²) in [7, 11) is 0. The molecule has 0 heterocycles. The summed E-state index contributed by atoms with van der Waals surface area (Å²) < 4.78 is 0. The van der Waals surface area contributed by atoms with Gasteiger partial charge in [0.25, 0.3) is 0 Å². The second-order valence-corrected chi connectivity index (χ2v) is 4.88. The molecule has 0 radical (unpaired) electrons. The van der Waals surface area contributed by atoms with Crippen LogP contribution in [0.3, 0.4) is 0 Å². The Bertz CT molecular complexity index is 373. The first-order valence-electron chi connectivity index (χ1n) is 8.24. The summed E-state index contributed by atoms with van der Waals surface area (Å²) in [5, 5.41) is 0. The van der Waals surface area contributed by atoms with E-state index >= 15 is 0 Å². The molecule has 21 heavy (non-hydrogen) atoms. The summed E-state index contributed by atoms with van der Waals surface area (Å²) in [6.07, 6.45) is 8.89. The van der Waals surface area contributed by atoms with Gasteiger partial charge in [0.1, 0.15) is 0 Å². The molecule has 0 aromatic carbocycles. The smallest absolute Gasteiger partial charge is 0.0151 e. The van der Waals surface area contributed by atoms with Crippen molar-refractivity contribution in [1.29, 1.82) is 0 Å². The van der Waals surface area contributed by atoms with Crippen LogP contribution in [0.2, 0.25) is 0 Å². The first-order chi connectivity index (χ1) is 9.54. The molecule has 124 valence electrons. The van der Waals surface area contributed by atoms with Gasteiger partial charge in [0.05, 0.1) is 0 Å². The fourth-order valence-corrected chi connectivity index (χ4v) is 2.91. The fraction of sp³-hybridized carbons (Fsp3) is 0.619. The highest BCUT2D eigenvalue weighted by Gasteiger charge is 2.37. The average Bonchev–Trinajstić information content (AvgIpc) is 2.69. The third kappa shape index (κ3) is 5.34. The van der Waals surface area contributed by atoms with Crippen molar-refractivity contribution in [2.24, 2.45) is 5.41 Å². The molecule has 0 saturated heterocycles. The zero-order valence-corrected chi connectivity index (χ0v) is 15.4. The maximum atomic E-state index is 4.00. The predicted molar refractivity (Wildman–Crippen MR) is 103 cm³/mol. The molecule has 0 unspecified atom stereocenters. The summed E-state index contributed by atoms with van der Waals surface area (Å²) in [4.78, 5) is 0. The third-order valence-electron chi connectivity index (χ3n) is 3.57. The molecule has 0 spiro atoms. The van der Waals surface area contributed by atoms with Crippen LogP contribution in [-0.2, 0) is 0 Å². The first kappa shape index (κ1) is 24.9. The molecule has 1 aliphatic carbocycles. The van der Waals surface area contributed by atoms with E-state index in [1.54, 1.807) is 0 Å². The molecule has 0 aromatic rings. The van der Waals surface area contributed by atoms with Crippen molar-refractivity contribution >= 4 is 0 Å². The molecule has 0 fully saturated rings. The van der Waals surface area contributed by atoms with Crippen molar-refractivity contribution in [2.75, 3.05) is 0 Å². The third-order valence-corrected chi connectivity index (χ3v) is 3.57. The zero-order chi connectivity index (χ0) is 16.3. The maximum Gasteiger partial charge on any atom is 0.0151 e. The second kappa shape index (κ2) is 12.7. The highest BCUT2D eigenvalue weighted by Crippen LogP contribution is 2.51. The molecule has 0 aromatic heterocycles. The monoisotopic (exact) mass is 292 g/mol. The predicted octanol–water partition coefficient (Wildman–Crippen LogP) is 7.89. The molecule has 0 saturated carbocycles. The Balaban J connectivity index is -0.000000595. The molecule has 0 bridgehead atoms. The van der Waals surface area contributed by atoms with Gasteiger partial charge in [0.2, 0.25) is 0 Å². The van der Waals surface area contributed by atoms with E-state index in [1.165, 1.54) is 28.7 Å². The Kier molecular flexibility index (Phi) is 15.1. The first-order valence-corrected chi connectivity index (χ1v) is 8.24. The summed E-state index contributed by atoms with van der Waals surface area (Å²) in [5.74, 6) is 0. The summed E-state index contributed by atoms with van der Waals surface area (Å²) in [5.41, 5.74) is 5.93. The fourth-order valence-electron chi connectivity index (χ4n) is 2.91. The van der Waals surface area contributed by atoms with E-state index in [1.807, 2.05) is 33.8 Å². The van der Waals surface area contributed by atoms with Crippen LogP contribution in [0.1, 0.15) is 82.6 Å². The zero-order valence-electron chi connectivity index (χ0n) is 15.4. The van der Waals surface area contributed by atoms with Crippen LogP contribution in [0.15, 0.2) is 47.1 Å². The lowest BCUT2D eigenvalue weighted by atomic mass is 9.80. The number of hydrogen-bond donors (Lipinski definition) is 0. The largest absolute Gasteiger partial charge is 0.0987 e. The van der Waals surface area contributed by atoms with E-state index in [4.69, 9.17) is 0 Å². The Labute approximate surface area is 135 Å². The summed E-state index contributed by atoms with van der Waals surface area (Å²) in [6, 6.07) is 0. The van der Waals surface area contributed by atoms with E-state index in [9.17, 15) is 0 Å². The minimum absolute atomic E-state index is 0. The minimum Gasteiger partial charge on any atom is -0.0987 e. The highest BCUT2D eigenvalue weighted by molar-refractivity contribution is 5.63. The molecule has 0 aliphatic heterocycles. The summed E-state index contributed by atoms with van der Waals surface area (Å²) >= 11 is 0. The van der Waals surface area contributed by atoms with Gasteiger partial charge in [0, 0.05) is 5.41 Å². The van der Waals surface area contributed by atoms with Crippen molar-refractivity contribution < 1.29 is 0 Å². The SMILES string of the molecule is C.C=CC1=C(CCC)C(=C/C)/C(=C\C)C1(C)C.CC.CC.